The maximum Gasteiger partial charge on any atom is 0.307 e. The van der Waals surface area contributed by atoms with Crippen LogP contribution in [0.1, 0.15) is 41.9 Å². The van der Waals surface area contributed by atoms with Crippen molar-refractivity contribution in [2.45, 2.75) is 44.4 Å². The molecular weight excluding hydrogens is 411 g/mol. The minimum atomic E-state index is -1.40. The Kier molecular flexibility index (Phi) is 4.82. The Hall–Kier alpha value is -3.52. The summed E-state index contributed by atoms with van der Waals surface area (Å²) in [6.07, 6.45) is 2.96. The highest BCUT2D eigenvalue weighted by atomic mass is 19.1. The van der Waals surface area contributed by atoms with Gasteiger partial charge in [0.25, 0.3) is 0 Å². The number of nitrogens with zero attached hydrogens (tertiary/aromatic N) is 4. The lowest BCUT2D eigenvalue weighted by molar-refractivity contribution is -0.136. The highest BCUT2D eigenvalue weighted by Gasteiger charge is 2.34. The smallest absolute Gasteiger partial charge is 0.307 e. The van der Waals surface area contributed by atoms with Crippen LogP contribution in [-0.4, -0.2) is 35.7 Å². The summed E-state index contributed by atoms with van der Waals surface area (Å²) in [5.41, 5.74) is 2.58. The van der Waals surface area contributed by atoms with Gasteiger partial charge in [0.1, 0.15) is 11.4 Å². The van der Waals surface area contributed by atoms with E-state index in [-0.39, 0.29) is 18.3 Å². The standard InChI is InChI=1S/C24H23FN4O3/c1-24(32,15-6-8-16(25)9-7-15)22-13-26-27-29(22)17-10-11-21-19(12-23(30)31)18-4-2-3-5-20(18)28(21)14-17/h2-9,13,17,32H,10-12,14H2,1H3,(H,30,31). The minimum absolute atomic E-state index is 0.0125. The van der Waals surface area contributed by atoms with E-state index in [4.69, 9.17) is 0 Å². The number of fused-ring (bicyclic) bond motifs is 3. The zero-order valence-corrected chi connectivity index (χ0v) is 17.6. The average Bonchev–Trinajstić information content (AvgIpc) is 3.38. The summed E-state index contributed by atoms with van der Waals surface area (Å²) in [6, 6.07) is 13.5. The first-order chi connectivity index (χ1) is 15.4. The second kappa shape index (κ2) is 7.56. The quantitative estimate of drug-likeness (QED) is 0.502. The van der Waals surface area contributed by atoms with Crippen molar-refractivity contribution in [2.75, 3.05) is 0 Å². The molecule has 3 heterocycles. The van der Waals surface area contributed by atoms with Gasteiger partial charge in [-0.05, 0) is 49.1 Å². The van der Waals surface area contributed by atoms with E-state index in [9.17, 15) is 19.4 Å². The van der Waals surface area contributed by atoms with Crippen molar-refractivity contribution in [1.29, 1.82) is 0 Å². The fraction of sp³-hybridized carbons (Fsp3) is 0.292. The molecule has 164 valence electrons. The van der Waals surface area contributed by atoms with Crippen LogP contribution in [0.4, 0.5) is 4.39 Å². The first-order valence-corrected chi connectivity index (χ1v) is 10.6. The van der Waals surface area contributed by atoms with Gasteiger partial charge in [-0.15, -0.1) is 5.10 Å². The number of hydrogen-bond donors (Lipinski definition) is 2. The van der Waals surface area contributed by atoms with E-state index in [1.54, 1.807) is 29.9 Å². The van der Waals surface area contributed by atoms with Gasteiger partial charge >= 0.3 is 5.97 Å². The zero-order valence-electron chi connectivity index (χ0n) is 17.6. The summed E-state index contributed by atoms with van der Waals surface area (Å²) in [5, 5.41) is 30.0. The van der Waals surface area contributed by atoms with Gasteiger partial charge in [0.2, 0.25) is 0 Å². The number of carboxylic acid groups (broad SMARTS) is 1. The van der Waals surface area contributed by atoms with Crippen molar-refractivity contribution < 1.29 is 19.4 Å². The fourth-order valence-electron chi connectivity index (χ4n) is 4.86. The molecule has 32 heavy (non-hydrogen) atoms. The van der Waals surface area contributed by atoms with Gasteiger partial charge in [0, 0.05) is 23.1 Å². The van der Waals surface area contributed by atoms with Crippen molar-refractivity contribution in [2.24, 2.45) is 0 Å². The van der Waals surface area contributed by atoms with Crippen LogP contribution in [0.3, 0.4) is 0 Å². The molecule has 7 nitrogen and oxygen atoms in total. The minimum Gasteiger partial charge on any atom is -0.481 e. The third-order valence-corrected chi connectivity index (χ3v) is 6.46. The Morgan fingerprint density at radius 1 is 1.22 bits per heavy atom. The summed E-state index contributed by atoms with van der Waals surface area (Å²) >= 11 is 0. The number of aliphatic hydroxyl groups is 1. The van der Waals surface area contributed by atoms with Crippen LogP contribution in [0, 0.1) is 5.82 Å². The lowest BCUT2D eigenvalue weighted by Crippen LogP contribution is -2.32. The number of halogens is 1. The number of benzene rings is 2. The molecule has 1 aliphatic rings. The van der Waals surface area contributed by atoms with E-state index in [1.807, 2.05) is 24.3 Å². The second-order valence-corrected chi connectivity index (χ2v) is 8.46. The highest BCUT2D eigenvalue weighted by Crippen LogP contribution is 2.37. The van der Waals surface area contributed by atoms with Gasteiger partial charge in [-0.3, -0.25) is 4.79 Å². The Balaban J connectivity index is 1.54. The molecule has 0 aliphatic carbocycles. The number of rotatable bonds is 5. The Labute approximate surface area is 183 Å². The number of para-hydroxylation sites is 1. The zero-order chi connectivity index (χ0) is 22.5. The Bertz CT molecular complexity index is 1310. The van der Waals surface area contributed by atoms with Gasteiger partial charge in [-0.1, -0.05) is 35.5 Å². The van der Waals surface area contributed by atoms with Crippen LogP contribution >= 0.6 is 0 Å². The molecule has 0 saturated heterocycles. The molecule has 0 radical (unpaired) electrons. The van der Waals surface area contributed by atoms with E-state index in [2.05, 4.69) is 14.9 Å². The average molecular weight is 434 g/mol. The normalized spacial score (nSPS) is 17.8. The molecule has 0 amide bonds. The van der Waals surface area contributed by atoms with Crippen LogP contribution in [0.25, 0.3) is 10.9 Å². The van der Waals surface area contributed by atoms with Gasteiger partial charge in [0.05, 0.1) is 24.4 Å². The van der Waals surface area contributed by atoms with Crippen molar-refractivity contribution in [3.8, 4) is 0 Å². The third-order valence-electron chi connectivity index (χ3n) is 6.46. The second-order valence-electron chi connectivity index (χ2n) is 8.46. The maximum absolute atomic E-state index is 13.4. The molecular formula is C24H23FN4O3. The molecule has 0 bridgehead atoms. The molecule has 4 aromatic rings. The van der Waals surface area contributed by atoms with Crippen molar-refractivity contribution >= 4 is 16.9 Å². The molecule has 8 heteroatoms. The van der Waals surface area contributed by atoms with Gasteiger partial charge in [0.15, 0.2) is 0 Å². The van der Waals surface area contributed by atoms with Crippen LogP contribution in [-0.2, 0) is 29.8 Å². The Morgan fingerprint density at radius 2 is 1.97 bits per heavy atom. The first kappa shape index (κ1) is 20.4. The number of aliphatic carboxylic acids is 1. The van der Waals surface area contributed by atoms with Crippen molar-refractivity contribution in [3.63, 3.8) is 0 Å². The van der Waals surface area contributed by atoms with Crippen LogP contribution in [0.15, 0.2) is 54.7 Å². The van der Waals surface area contributed by atoms with E-state index in [0.29, 0.717) is 24.2 Å². The van der Waals surface area contributed by atoms with E-state index in [1.165, 1.54) is 12.1 Å². The summed E-state index contributed by atoms with van der Waals surface area (Å²) in [5.74, 6) is -1.21. The number of aromatic nitrogens is 4. The number of carboxylic acids is 1. The fourth-order valence-corrected chi connectivity index (χ4v) is 4.86. The first-order valence-electron chi connectivity index (χ1n) is 10.6. The molecule has 2 aromatic heterocycles. The van der Waals surface area contributed by atoms with Crippen LogP contribution < -0.4 is 0 Å². The Morgan fingerprint density at radius 3 is 2.72 bits per heavy atom. The summed E-state index contributed by atoms with van der Waals surface area (Å²) in [6.45, 7) is 2.24. The van der Waals surface area contributed by atoms with E-state index in [0.717, 1.165) is 28.6 Å². The van der Waals surface area contributed by atoms with E-state index < -0.39 is 11.6 Å². The molecule has 2 atom stereocenters. The highest BCUT2D eigenvalue weighted by molar-refractivity contribution is 5.89. The number of carbonyl (C=O) groups is 1. The van der Waals surface area contributed by atoms with Gasteiger partial charge in [-0.2, -0.15) is 0 Å². The molecule has 5 rings (SSSR count). The van der Waals surface area contributed by atoms with Gasteiger partial charge < -0.3 is 14.8 Å². The molecule has 0 spiro atoms. The lowest BCUT2D eigenvalue weighted by atomic mass is 9.92. The molecule has 2 unspecified atom stereocenters. The molecule has 2 aromatic carbocycles. The third kappa shape index (κ3) is 3.27. The monoisotopic (exact) mass is 434 g/mol. The molecule has 2 N–H and O–H groups in total. The summed E-state index contributed by atoms with van der Waals surface area (Å²) in [7, 11) is 0. The van der Waals surface area contributed by atoms with Crippen LogP contribution in [0.2, 0.25) is 0 Å². The number of hydrogen-bond acceptors (Lipinski definition) is 4. The maximum atomic E-state index is 13.4. The molecule has 1 aliphatic heterocycles. The van der Waals surface area contributed by atoms with Gasteiger partial charge in [-0.25, -0.2) is 9.07 Å². The largest absolute Gasteiger partial charge is 0.481 e. The summed E-state index contributed by atoms with van der Waals surface area (Å²) in [4.78, 5) is 11.5. The topological polar surface area (TPSA) is 93.2 Å². The van der Waals surface area contributed by atoms with E-state index >= 15 is 0 Å². The SMILES string of the molecule is CC(O)(c1ccc(F)cc1)c1cnnn1C1CCc2c(CC(=O)O)c3ccccc3n2C1. The molecule has 0 fully saturated rings. The molecule has 0 saturated carbocycles. The van der Waals surface area contributed by atoms with Crippen molar-refractivity contribution in [1.82, 2.24) is 19.6 Å². The van der Waals surface area contributed by atoms with Crippen molar-refractivity contribution in [3.05, 3.63) is 83.1 Å². The predicted molar refractivity (Wildman–Crippen MR) is 116 cm³/mol. The summed E-state index contributed by atoms with van der Waals surface area (Å²) < 4.78 is 17.3. The predicted octanol–water partition coefficient (Wildman–Crippen LogP) is 3.44. The lowest BCUT2D eigenvalue weighted by Gasteiger charge is -2.31. The van der Waals surface area contributed by atoms with Crippen LogP contribution in [0.5, 0.6) is 0 Å².